The van der Waals surface area contributed by atoms with E-state index < -0.39 is 17.5 Å². The number of nitrogens with one attached hydrogen (secondary N) is 3. The van der Waals surface area contributed by atoms with Gasteiger partial charge in [0.25, 0.3) is 11.8 Å². The molecule has 0 radical (unpaired) electrons. The molecule has 1 unspecified atom stereocenters. The molecule has 3 aliphatic heterocycles. The van der Waals surface area contributed by atoms with E-state index in [1.807, 2.05) is 4.90 Å². The number of nitrogens with zero attached hydrogens (tertiary/aromatic N) is 5. The van der Waals surface area contributed by atoms with Gasteiger partial charge < -0.3 is 35.6 Å². The van der Waals surface area contributed by atoms with Crippen molar-refractivity contribution in [2.24, 2.45) is 5.92 Å². The molecule has 0 bridgehead atoms. The van der Waals surface area contributed by atoms with Crippen molar-refractivity contribution >= 4 is 46.5 Å². The van der Waals surface area contributed by atoms with Crippen LogP contribution < -0.4 is 20.9 Å². The predicted octanol–water partition coefficient (Wildman–Crippen LogP) is 2.41. The van der Waals surface area contributed by atoms with E-state index in [1.54, 1.807) is 79.3 Å². The fourth-order valence-corrected chi connectivity index (χ4v) is 5.89. The first-order valence-electron chi connectivity index (χ1n) is 14.5. The maximum absolute atomic E-state index is 14.9. The number of hydrogen-bond acceptors (Lipinski definition) is 8. The second-order valence-corrected chi connectivity index (χ2v) is 11.9. The molecule has 3 aliphatic rings. The molecule has 1 atom stereocenters. The summed E-state index contributed by atoms with van der Waals surface area (Å²) in [5.41, 5.74) is 0.253. The van der Waals surface area contributed by atoms with Crippen molar-refractivity contribution in [2.75, 3.05) is 70.6 Å². The highest BCUT2D eigenvalue weighted by atomic mass is 35.5. The zero-order valence-electron chi connectivity index (χ0n) is 24.9. The molecule has 3 amide bonds. The van der Waals surface area contributed by atoms with Crippen LogP contribution >= 0.6 is 11.6 Å². The van der Waals surface area contributed by atoms with E-state index in [2.05, 4.69) is 20.9 Å². The van der Waals surface area contributed by atoms with Gasteiger partial charge in [-0.2, -0.15) is 4.39 Å². The Bertz CT molecular complexity index is 1440. The molecular formula is C30H38ClFN8O3. The highest BCUT2D eigenvalue weighted by molar-refractivity contribution is 6.34. The summed E-state index contributed by atoms with van der Waals surface area (Å²) in [6.45, 7) is 5.26. The number of anilines is 2. The Hall–Kier alpha value is -3.90. The Labute approximate surface area is 256 Å². The molecule has 1 aromatic heterocycles. The number of pyridine rings is 1. The molecule has 230 valence electrons. The zero-order valence-corrected chi connectivity index (χ0v) is 25.7. The zero-order chi connectivity index (χ0) is 30.9. The van der Waals surface area contributed by atoms with Crippen LogP contribution in [0.15, 0.2) is 36.5 Å². The average molecular weight is 613 g/mol. The molecule has 0 saturated carbocycles. The number of rotatable bonds is 6. The lowest BCUT2D eigenvalue weighted by molar-refractivity contribution is -0.137. The summed E-state index contributed by atoms with van der Waals surface area (Å²) in [4.78, 5) is 50.5. The molecule has 13 heteroatoms. The number of carbonyl (C=O) groups is 3. The van der Waals surface area contributed by atoms with Gasteiger partial charge in [-0.25, -0.2) is 4.98 Å². The number of benzene rings is 1. The highest BCUT2D eigenvalue weighted by Crippen LogP contribution is 2.32. The first-order chi connectivity index (χ1) is 20.5. The van der Waals surface area contributed by atoms with Gasteiger partial charge in [-0.3, -0.25) is 14.4 Å². The third-order valence-corrected chi connectivity index (χ3v) is 8.87. The topological polar surface area (TPSA) is 113 Å². The van der Waals surface area contributed by atoms with E-state index in [0.717, 1.165) is 25.9 Å². The van der Waals surface area contributed by atoms with Gasteiger partial charge in [0.05, 0.1) is 21.8 Å². The van der Waals surface area contributed by atoms with Crippen molar-refractivity contribution in [1.82, 2.24) is 30.3 Å². The highest BCUT2D eigenvalue weighted by Gasteiger charge is 2.43. The fourth-order valence-electron chi connectivity index (χ4n) is 5.63. The van der Waals surface area contributed by atoms with Crippen molar-refractivity contribution in [2.45, 2.75) is 25.4 Å². The fraction of sp³-hybridized carbons (Fsp3) is 0.467. The number of piperazine rings is 1. The molecule has 0 aliphatic carbocycles. The van der Waals surface area contributed by atoms with Gasteiger partial charge in [0, 0.05) is 65.1 Å². The molecule has 1 aromatic carbocycles. The SMILES string of the molecule is CN(C)c1ccc(C2=CNC(C)(C(=O)Nc3ccc(C(=O)N4CCN(C(=O)C5CCNCC5)CC4)c(Cl)c3)N2C)c(F)n1. The Morgan fingerprint density at radius 2 is 1.74 bits per heavy atom. The Balaban J connectivity index is 1.19. The van der Waals surface area contributed by atoms with Crippen LogP contribution in [-0.2, 0) is 9.59 Å². The molecule has 2 saturated heterocycles. The summed E-state index contributed by atoms with van der Waals surface area (Å²) in [6, 6.07) is 8.11. The van der Waals surface area contributed by atoms with E-state index in [9.17, 15) is 18.8 Å². The maximum atomic E-state index is 14.9. The smallest absolute Gasteiger partial charge is 0.270 e. The van der Waals surface area contributed by atoms with Crippen LogP contribution in [0.4, 0.5) is 15.9 Å². The molecule has 2 aromatic rings. The molecular weight excluding hydrogens is 575 g/mol. The third kappa shape index (κ3) is 6.12. The van der Waals surface area contributed by atoms with Crippen LogP contribution in [0.2, 0.25) is 5.02 Å². The third-order valence-electron chi connectivity index (χ3n) is 8.56. The van der Waals surface area contributed by atoms with E-state index >= 15 is 0 Å². The van der Waals surface area contributed by atoms with Crippen molar-refractivity contribution in [1.29, 1.82) is 0 Å². The number of carbonyl (C=O) groups excluding carboxylic acids is 3. The summed E-state index contributed by atoms with van der Waals surface area (Å²) >= 11 is 6.53. The van der Waals surface area contributed by atoms with E-state index in [1.165, 1.54) is 0 Å². The Morgan fingerprint density at radius 3 is 2.37 bits per heavy atom. The van der Waals surface area contributed by atoms with Crippen LogP contribution in [0.5, 0.6) is 0 Å². The summed E-state index contributed by atoms with van der Waals surface area (Å²) in [6.07, 6.45) is 3.28. The number of likely N-dealkylation sites (N-methyl/N-ethyl adjacent to an activating group) is 1. The number of aromatic nitrogens is 1. The van der Waals surface area contributed by atoms with Crippen LogP contribution in [0.25, 0.3) is 5.70 Å². The summed E-state index contributed by atoms with van der Waals surface area (Å²) in [5.74, 6) is -0.543. The first kappa shape index (κ1) is 30.6. The van der Waals surface area contributed by atoms with Crippen LogP contribution in [0, 0.1) is 11.9 Å². The lowest BCUT2D eigenvalue weighted by Gasteiger charge is -2.37. The standard InChI is InChI=1S/C30H38ClFN8O3/c1-30(34-18-24(38(30)4)22-7-8-25(37(2)3)36-26(22)32)29(43)35-20-5-6-21(23(31)17-20)28(42)40-15-13-39(14-16-40)27(41)19-9-11-33-12-10-19/h5-8,17-19,33-34H,9-16H2,1-4H3,(H,35,43). The van der Waals surface area contributed by atoms with Crippen LogP contribution in [0.3, 0.4) is 0 Å². The molecule has 2 fully saturated rings. The second-order valence-electron chi connectivity index (χ2n) is 11.5. The van der Waals surface area contributed by atoms with E-state index in [-0.39, 0.29) is 28.3 Å². The van der Waals surface area contributed by atoms with Gasteiger partial charge in [-0.05, 0) is 63.2 Å². The van der Waals surface area contributed by atoms with Crippen molar-refractivity contribution in [3.8, 4) is 0 Å². The van der Waals surface area contributed by atoms with Gasteiger partial charge in [-0.15, -0.1) is 0 Å². The normalized spacial score (nSPS) is 20.9. The molecule has 4 heterocycles. The Morgan fingerprint density at radius 1 is 1.07 bits per heavy atom. The van der Waals surface area contributed by atoms with Gasteiger partial charge in [0.1, 0.15) is 5.82 Å². The summed E-state index contributed by atoms with van der Waals surface area (Å²) in [7, 11) is 5.25. The maximum Gasteiger partial charge on any atom is 0.270 e. The predicted molar refractivity (Wildman–Crippen MR) is 164 cm³/mol. The molecule has 0 spiro atoms. The minimum atomic E-state index is -1.23. The number of piperidine rings is 1. The minimum Gasteiger partial charge on any atom is -0.363 e. The van der Waals surface area contributed by atoms with Crippen LogP contribution in [0.1, 0.15) is 35.7 Å². The van der Waals surface area contributed by atoms with Crippen molar-refractivity contribution in [3.63, 3.8) is 0 Å². The van der Waals surface area contributed by atoms with E-state index in [0.29, 0.717) is 48.9 Å². The second kappa shape index (κ2) is 12.4. The number of hydrogen-bond donors (Lipinski definition) is 3. The minimum absolute atomic E-state index is 0.0531. The first-order valence-corrected chi connectivity index (χ1v) is 14.8. The van der Waals surface area contributed by atoms with Gasteiger partial charge >= 0.3 is 0 Å². The largest absolute Gasteiger partial charge is 0.363 e. The number of amides is 3. The molecule has 5 rings (SSSR count). The Kier molecular flexibility index (Phi) is 8.79. The number of halogens is 2. The molecule has 43 heavy (non-hydrogen) atoms. The summed E-state index contributed by atoms with van der Waals surface area (Å²) in [5, 5.41) is 9.40. The van der Waals surface area contributed by atoms with E-state index in [4.69, 9.17) is 11.6 Å². The monoisotopic (exact) mass is 612 g/mol. The molecule has 3 N–H and O–H groups in total. The van der Waals surface area contributed by atoms with Crippen LogP contribution in [-0.4, -0.2) is 103 Å². The molecule has 11 nitrogen and oxygen atoms in total. The van der Waals surface area contributed by atoms with Crippen molar-refractivity contribution in [3.05, 3.63) is 58.6 Å². The van der Waals surface area contributed by atoms with Crippen molar-refractivity contribution < 1.29 is 18.8 Å². The van der Waals surface area contributed by atoms with Gasteiger partial charge in [0.15, 0.2) is 5.66 Å². The lowest BCUT2D eigenvalue weighted by Crippen LogP contribution is -2.56. The van der Waals surface area contributed by atoms with Gasteiger partial charge in [-0.1, -0.05) is 11.6 Å². The van der Waals surface area contributed by atoms with Gasteiger partial charge in [0.2, 0.25) is 11.9 Å². The average Bonchev–Trinajstić information content (AvgIpc) is 3.31. The lowest BCUT2D eigenvalue weighted by atomic mass is 9.96. The summed E-state index contributed by atoms with van der Waals surface area (Å²) < 4.78 is 14.9. The quantitative estimate of drug-likeness (QED) is 0.427.